The second-order valence-corrected chi connectivity index (χ2v) is 7.36. The van der Waals surface area contributed by atoms with Crippen molar-refractivity contribution in [3.8, 4) is 11.5 Å². The van der Waals surface area contributed by atoms with Crippen molar-refractivity contribution in [2.75, 3.05) is 32.8 Å². The monoisotopic (exact) mass is 332 g/mol. The molecule has 1 aromatic carbocycles. The minimum Gasteiger partial charge on any atom is -0.486 e. The van der Waals surface area contributed by atoms with E-state index in [1.54, 1.807) is 0 Å². The van der Waals surface area contributed by atoms with E-state index < -0.39 is 10.0 Å². The summed E-state index contributed by atoms with van der Waals surface area (Å²) in [4.78, 5) is 0.0715. The summed E-state index contributed by atoms with van der Waals surface area (Å²) in [5.74, 6) is 0.908. The molecular weight excluding hydrogens is 316 g/mol. The summed E-state index contributed by atoms with van der Waals surface area (Å²) in [7, 11) is -3.65. The maximum atomic E-state index is 12.8. The van der Waals surface area contributed by atoms with Gasteiger partial charge in [0.25, 0.3) is 0 Å². The molecule has 1 atom stereocenters. The zero-order valence-electron chi connectivity index (χ0n) is 11.6. The van der Waals surface area contributed by atoms with E-state index in [1.165, 1.54) is 16.4 Å². The fourth-order valence-corrected chi connectivity index (χ4v) is 4.69. The standard InChI is InChI=1S/C13H17ClN2O4S/c1-9-8-15-2-3-16(9)21(17,18)13-7-12-11(6-10(13)14)19-4-5-20-12/h6-7,9,15H,2-5,8H2,1H3. The van der Waals surface area contributed by atoms with Gasteiger partial charge in [0, 0.05) is 37.8 Å². The number of hydrogen-bond acceptors (Lipinski definition) is 5. The molecule has 0 aromatic heterocycles. The first-order valence-electron chi connectivity index (χ1n) is 6.82. The van der Waals surface area contributed by atoms with Gasteiger partial charge in [-0.3, -0.25) is 0 Å². The van der Waals surface area contributed by atoms with E-state index in [9.17, 15) is 8.42 Å². The van der Waals surface area contributed by atoms with Crippen LogP contribution >= 0.6 is 11.6 Å². The fourth-order valence-electron chi connectivity index (χ4n) is 2.55. The number of rotatable bonds is 2. The van der Waals surface area contributed by atoms with Gasteiger partial charge in [-0.2, -0.15) is 4.31 Å². The molecule has 0 amide bonds. The molecule has 2 aliphatic heterocycles. The van der Waals surface area contributed by atoms with Crippen LogP contribution in [0.5, 0.6) is 11.5 Å². The van der Waals surface area contributed by atoms with E-state index in [4.69, 9.17) is 21.1 Å². The van der Waals surface area contributed by atoms with Crippen LogP contribution in [-0.4, -0.2) is 51.6 Å². The lowest BCUT2D eigenvalue weighted by atomic mass is 10.3. The Morgan fingerprint density at radius 1 is 1.29 bits per heavy atom. The lowest BCUT2D eigenvalue weighted by molar-refractivity contribution is 0.171. The highest BCUT2D eigenvalue weighted by molar-refractivity contribution is 7.89. The molecule has 8 heteroatoms. The van der Waals surface area contributed by atoms with Gasteiger partial charge < -0.3 is 14.8 Å². The lowest BCUT2D eigenvalue weighted by Crippen LogP contribution is -2.52. The van der Waals surface area contributed by atoms with Gasteiger partial charge in [-0.1, -0.05) is 11.6 Å². The number of halogens is 1. The van der Waals surface area contributed by atoms with Crippen molar-refractivity contribution in [3.63, 3.8) is 0 Å². The second-order valence-electron chi connectivity index (χ2n) is 5.10. The number of fused-ring (bicyclic) bond motifs is 1. The number of nitrogens with zero attached hydrogens (tertiary/aromatic N) is 1. The Hall–Kier alpha value is -1.02. The van der Waals surface area contributed by atoms with Crippen LogP contribution in [0.1, 0.15) is 6.92 Å². The fraction of sp³-hybridized carbons (Fsp3) is 0.538. The van der Waals surface area contributed by atoms with Gasteiger partial charge in [0.05, 0.1) is 5.02 Å². The Balaban J connectivity index is 2.02. The molecule has 1 unspecified atom stereocenters. The summed E-state index contributed by atoms with van der Waals surface area (Å²) in [6.45, 7) is 4.39. The molecule has 2 heterocycles. The van der Waals surface area contributed by atoms with Gasteiger partial charge in [0.2, 0.25) is 10.0 Å². The SMILES string of the molecule is CC1CNCCN1S(=O)(=O)c1cc2c(cc1Cl)OCCO2. The summed E-state index contributed by atoms with van der Waals surface area (Å²) < 4.78 is 38.0. The van der Waals surface area contributed by atoms with E-state index >= 15 is 0 Å². The third-order valence-electron chi connectivity index (χ3n) is 3.62. The summed E-state index contributed by atoms with van der Waals surface area (Å²) in [5.41, 5.74) is 0. The number of ether oxygens (including phenoxy) is 2. The molecule has 116 valence electrons. The number of benzene rings is 1. The Bertz CT molecular complexity index is 650. The number of sulfonamides is 1. The van der Waals surface area contributed by atoms with Crippen LogP contribution in [0.25, 0.3) is 0 Å². The van der Waals surface area contributed by atoms with Crippen LogP contribution < -0.4 is 14.8 Å². The summed E-state index contributed by atoms with van der Waals surface area (Å²) in [6.07, 6.45) is 0. The molecule has 6 nitrogen and oxygen atoms in total. The van der Waals surface area contributed by atoms with Crippen molar-refractivity contribution in [3.05, 3.63) is 17.2 Å². The molecule has 0 bridgehead atoms. The van der Waals surface area contributed by atoms with Gasteiger partial charge in [-0.25, -0.2) is 8.42 Å². The van der Waals surface area contributed by atoms with E-state index in [2.05, 4.69) is 5.32 Å². The third kappa shape index (κ3) is 2.70. The van der Waals surface area contributed by atoms with Gasteiger partial charge in [0.15, 0.2) is 11.5 Å². The van der Waals surface area contributed by atoms with Crippen LogP contribution in [-0.2, 0) is 10.0 Å². The van der Waals surface area contributed by atoms with Crippen LogP contribution in [0.4, 0.5) is 0 Å². The maximum absolute atomic E-state index is 12.8. The number of hydrogen-bond donors (Lipinski definition) is 1. The molecule has 1 N–H and O–H groups in total. The van der Waals surface area contributed by atoms with Crippen LogP contribution in [0, 0.1) is 0 Å². The zero-order valence-corrected chi connectivity index (χ0v) is 13.2. The van der Waals surface area contributed by atoms with Gasteiger partial charge in [-0.15, -0.1) is 0 Å². The molecule has 0 radical (unpaired) electrons. The topological polar surface area (TPSA) is 67.9 Å². The van der Waals surface area contributed by atoms with Crippen molar-refractivity contribution in [1.29, 1.82) is 0 Å². The van der Waals surface area contributed by atoms with Crippen molar-refractivity contribution in [2.45, 2.75) is 17.9 Å². The average Bonchev–Trinajstić information content (AvgIpc) is 2.46. The molecular formula is C13H17ClN2O4S. The van der Waals surface area contributed by atoms with Crippen LogP contribution in [0.15, 0.2) is 17.0 Å². The van der Waals surface area contributed by atoms with Crippen LogP contribution in [0.3, 0.4) is 0 Å². The Morgan fingerprint density at radius 2 is 1.95 bits per heavy atom. The normalized spacial score (nSPS) is 23.0. The number of piperazine rings is 1. The predicted octanol–water partition coefficient (Wildman–Crippen LogP) is 1.09. The third-order valence-corrected chi connectivity index (χ3v) is 6.10. The molecule has 0 aliphatic carbocycles. The van der Waals surface area contributed by atoms with Crippen LogP contribution in [0.2, 0.25) is 5.02 Å². The van der Waals surface area contributed by atoms with E-state index in [0.717, 1.165) is 0 Å². The smallest absolute Gasteiger partial charge is 0.245 e. The minimum atomic E-state index is -3.65. The molecule has 1 aromatic rings. The van der Waals surface area contributed by atoms with Crippen molar-refractivity contribution < 1.29 is 17.9 Å². The van der Waals surface area contributed by atoms with Gasteiger partial charge in [0.1, 0.15) is 18.1 Å². The van der Waals surface area contributed by atoms with E-state index in [-0.39, 0.29) is 16.0 Å². The molecule has 3 rings (SSSR count). The van der Waals surface area contributed by atoms with E-state index in [0.29, 0.717) is 44.3 Å². The van der Waals surface area contributed by atoms with Gasteiger partial charge >= 0.3 is 0 Å². The van der Waals surface area contributed by atoms with Crippen molar-refractivity contribution in [2.24, 2.45) is 0 Å². The second kappa shape index (κ2) is 5.64. The maximum Gasteiger partial charge on any atom is 0.245 e. The molecule has 2 aliphatic rings. The highest BCUT2D eigenvalue weighted by atomic mass is 35.5. The first-order chi connectivity index (χ1) is 10.00. The minimum absolute atomic E-state index is 0.0715. The summed E-state index contributed by atoms with van der Waals surface area (Å²) in [6, 6.07) is 2.85. The predicted molar refractivity (Wildman–Crippen MR) is 78.7 cm³/mol. The quantitative estimate of drug-likeness (QED) is 0.878. The van der Waals surface area contributed by atoms with Crippen molar-refractivity contribution in [1.82, 2.24) is 9.62 Å². The van der Waals surface area contributed by atoms with Crippen molar-refractivity contribution >= 4 is 21.6 Å². The Morgan fingerprint density at radius 3 is 2.62 bits per heavy atom. The average molecular weight is 333 g/mol. The lowest BCUT2D eigenvalue weighted by Gasteiger charge is -2.33. The van der Waals surface area contributed by atoms with E-state index in [1.807, 2.05) is 6.92 Å². The zero-order chi connectivity index (χ0) is 15.0. The molecule has 0 spiro atoms. The molecule has 1 fully saturated rings. The highest BCUT2D eigenvalue weighted by Gasteiger charge is 2.33. The Labute approximate surface area is 129 Å². The Kier molecular flexibility index (Phi) is 4.00. The number of nitrogens with one attached hydrogen (secondary N) is 1. The highest BCUT2D eigenvalue weighted by Crippen LogP contribution is 2.38. The van der Waals surface area contributed by atoms with Gasteiger partial charge in [-0.05, 0) is 6.92 Å². The summed E-state index contributed by atoms with van der Waals surface area (Å²) in [5, 5.41) is 3.33. The largest absolute Gasteiger partial charge is 0.486 e. The molecule has 21 heavy (non-hydrogen) atoms. The molecule has 0 saturated carbocycles. The summed E-state index contributed by atoms with van der Waals surface area (Å²) >= 11 is 6.16. The first-order valence-corrected chi connectivity index (χ1v) is 8.63. The first kappa shape index (κ1) is 14.9. The molecule has 1 saturated heterocycles.